The van der Waals surface area contributed by atoms with Gasteiger partial charge in [-0.2, -0.15) is 4.37 Å². The van der Waals surface area contributed by atoms with Crippen molar-refractivity contribution in [2.75, 3.05) is 0 Å². The van der Waals surface area contributed by atoms with Gasteiger partial charge in [-0.05, 0) is 11.5 Å². The van der Waals surface area contributed by atoms with Gasteiger partial charge in [0, 0.05) is 0 Å². The Morgan fingerprint density at radius 2 is 2.30 bits per heavy atom. The van der Waals surface area contributed by atoms with Gasteiger partial charge >= 0.3 is 0 Å². The Bertz CT molecular complexity index is 364. The molecule has 52 valence electrons. The van der Waals surface area contributed by atoms with Crippen LogP contribution in [-0.4, -0.2) is 19.0 Å². The van der Waals surface area contributed by atoms with E-state index in [2.05, 4.69) is 4.37 Å². The second kappa shape index (κ2) is 1.63. The Morgan fingerprint density at radius 3 is 3.00 bits per heavy atom. The van der Waals surface area contributed by atoms with Crippen LogP contribution in [0.2, 0.25) is 0 Å². The van der Waals surface area contributed by atoms with Crippen molar-refractivity contribution < 1.29 is 10.2 Å². The molecule has 0 bridgehead atoms. The topological polar surface area (TPSA) is 57.8 Å². The summed E-state index contributed by atoms with van der Waals surface area (Å²) in [6.07, 6.45) is 2.94. The van der Waals surface area contributed by atoms with Crippen LogP contribution >= 0.6 is 11.5 Å². The van der Waals surface area contributed by atoms with Crippen LogP contribution in [0.3, 0.4) is 0 Å². The molecule has 2 N–H and O–H groups in total. The van der Waals surface area contributed by atoms with Gasteiger partial charge in [0.05, 0.1) is 6.20 Å². The highest BCUT2D eigenvalue weighted by Crippen LogP contribution is 2.32. The van der Waals surface area contributed by atoms with E-state index in [1.807, 2.05) is 0 Å². The fourth-order valence-electron chi connectivity index (χ4n) is 0.784. The van der Waals surface area contributed by atoms with Crippen LogP contribution in [0.1, 0.15) is 0 Å². The van der Waals surface area contributed by atoms with E-state index in [0.29, 0.717) is 4.83 Å². The monoisotopic (exact) mass is 156 g/mol. The number of hydrogen-bond acceptors (Lipinski definition) is 4. The SMILES string of the molecule is Oc1cn2cnsc2c1O. The lowest BCUT2D eigenvalue weighted by atomic mass is 10.6. The molecule has 2 rings (SSSR count). The highest BCUT2D eigenvalue weighted by molar-refractivity contribution is 7.12. The number of hydrogen-bond donors (Lipinski definition) is 2. The van der Waals surface area contributed by atoms with E-state index < -0.39 is 0 Å². The lowest BCUT2D eigenvalue weighted by Crippen LogP contribution is -1.67. The lowest BCUT2D eigenvalue weighted by Gasteiger charge is -1.81. The first kappa shape index (κ1) is 5.55. The van der Waals surface area contributed by atoms with E-state index in [-0.39, 0.29) is 11.5 Å². The molecule has 0 spiro atoms. The number of aromatic nitrogens is 2. The number of nitrogens with zero attached hydrogens (tertiary/aromatic N) is 2. The summed E-state index contributed by atoms with van der Waals surface area (Å²) >= 11 is 1.14. The van der Waals surface area contributed by atoms with E-state index in [9.17, 15) is 0 Å². The van der Waals surface area contributed by atoms with Gasteiger partial charge in [0.15, 0.2) is 16.3 Å². The Labute approximate surface area is 60.1 Å². The summed E-state index contributed by atoms with van der Waals surface area (Å²) in [7, 11) is 0. The second-order valence-corrected chi connectivity index (χ2v) is 2.67. The minimum atomic E-state index is -0.103. The Hall–Kier alpha value is -1.23. The largest absolute Gasteiger partial charge is 0.503 e. The molecule has 0 aliphatic heterocycles. The van der Waals surface area contributed by atoms with Crippen molar-refractivity contribution in [2.24, 2.45) is 0 Å². The van der Waals surface area contributed by atoms with E-state index >= 15 is 0 Å². The Kier molecular flexibility index (Phi) is 0.906. The van der Waals surface area contributed by atoms with Gasteiger partial charge in [0.1, 0.15) is 6.33 Å². The molecular formula is C5H4N2O2S. The van der Waals surface area contributed by atoms with Crippen molar-refractivity contribution in [3.05, 3.63) is 12.5 Å². The average Bonchev–Trinajstić information content (AvgIpc) is 2.41. The quantitative estimate of drug-likeness (QED) is 0.593. The summed E-state index contributed by atoms with van der Waals surface area (Å²) in [5, 5.41) is 18.0. The summed E-state index contributed by atoms with van der Waals surface area (Å²) in [6.45, 7) is 0. The van der Waals surface area contributed by atoms with Crippen molar-refractivity contribution in [1.29, 1.82) is 0 Å². The van der Waals surface area contributed by atoms with E-state index in [4.69, 9.17) is 10.2 Å². The summed E-state index contributed by atoms with van der Waals surface area (Å²) in [5.74, 6) is -0.198. The second-order valence-electron chi connectivity index (χ2n) is 1.89. The van der Waals surface area contributed by atoms with E-state index in [1.54, 1.807) is 4.40 Å². The molecule has 4 nitrogen and oxygen atoms in total. The molecule has 2 aromatic heterocycles. The Balaban J connectivity index is 2.95. The molecule has 2 aromatic rings. The van der Waals surface area contributed by atoms with Crippen LogP contribution in [0.4, 0.5) is 0 Å². The zero-order valence-corrected chi connectivity index (χ0v) is 5.67. The van der Waals surface area contributed by atoms with Crippen molar-refractivity contribution in [3.8, 4) is 11.5 Å². The lowest BCUT2D eigenvalue weighted by molar-refractivity contribution is 0.411. The first-order valence-corrected chi connectivity index (χ1v) is 3.39. The molecular weight excluding hydrogens is 152 g/mol. The predicted octanol–water partition coefficient (Wildman–Crippen LogP) is 0.807. The standard InChI is InChI=1S/C5H4N2O2S/c8-3-1-7-2-6-10-5(7)4(3)9/h1-2,8-9H. The fraction of sp³-hybridized carbons (Fsp3) is 0. The van der Waals surface area contributed by atoms with Gasteiger partial charge in [0.2, 0.25) is 0 Å². The minimum absolute atomic E-state index is 0.0949. The first-order valence-electron chi connectivity index (χ1n) is 2.62. The molecule has 0 amide bonds. The fourth-order valence-corrected chi connectivity index (χ4v) is 1.42. The van der Waals surface area contributed by atoms with Gasteiger partial charge in [-0.25, -0.2) is 0 Å². The number of fused-ring (bicyclic) bond motifs is 1. The van der Waals surface area contributed by atoms with Crippen LogP contribution in [-0.2, 0) is 0 Å². The van der Waals surface area contributed by atoms with Crippen molar-refractivity contribution in [2.45, 2.75) is 0 Å². The molecule has 0 aromatic carbocycles. The van der Waals surface area contributed by atoms with Crippen LogP contribution in [0.5, 0.6) is 11.5 Å². The summed E-state index contributed by atoms with van der Waals surface area (Å²) in [5.41, 5.74) is 0. The summed E-state index contributed by atoms with van der Waals surface area (Å²) in [4.78, 5) is 0.567. The molecule has 0 aliphatic rings. The third-order valence-electron chi connectivity index (χ3n) is 1.25. The minimum Gasteiger partial charge on any atom is -0.503 e. The maximum absolute atomic E-state index is 9.09. The first-order chi connectivity index (χ1) is 4.79. The molecule has 0 unspecified atom stereocenters. The normalized spacial score (nSPS) is 10.8. The van der Waals surface area contributed by atoms with Gasteiger partial charge in [-0.1, -0.05) is 0 Å². The van der Waals surface area contributed by atoms with Crippen molar-refractivity contribution in [1.82, 2.24) is 8.77 Å². The third-order valence-corrected chi connectivity index (χ3v) is 2.03. The maximum Gasteiger partial charge on any atom is 0.195 e. The average molecular weight is 156 g/mol. The van der Waals surface area contributed by atoms with E-state index in [1.165, 1.54) is 12.5 Å². The van der Waals surface area contributed by atoms with Crippen molar-refractivity contribution >= 4 is 16.4 Å². The highest BCUT2D eigenvalue weighted by Gasteiger charge is 2.08. The molecule has 0 fully saturated rings. The predicted molar refractivity (Wildman–Crippen MR) is 36.4 cm³/mol. The number of rotatable bonds is 0. The van der Waals surface area contributed by atoms with Gasteiger partial charge < -0.3 is 10.2 Å². The molecule has 5 heteroatoms. The zero-order chi connectivity index (χ0) is 7.14. The Morgan fingerprint density at radius 1 is 1.50 bits per heavy atom. The smallest absolute Gasteiger partial charge is 0.195 e. The summed E-state index contributed by atoms with van der Waals surface area (Å²) in [6, 6.07) is 0. The molecule has 2 heterocycles. The number of aromatic hydroxyl groups is 2. The highest BCUT2D eigenvalue weighted by atomic mass is 32.1. The molecule has 0 saturated heterocycles. The maximum atomic E-state index is 9.09. The molecule has 0 radical (unpaired) electrons. The van der Waals surface area contributed by atoms with Gasteiger partial charge in [-0.3, -0.25) is 4.40 Å². The summed E-state index contributed by atoms with van der Waals surface area (Å²) < 4.78 is 5.36. The van der Waals surface area contributed by atoms with Crippen molar-refractivity contribution in [3.63, 3.8) is 0 Å². The molecule has 0 atom stereocenters. The van der Waals surface area contributed by atoms with Gasteiger partial charge in [-0.15, -0.1) is 0 Å². The van der Waals surface area contributed by atoms with E-state index in [0.717, 1.165) is 11.5 Å². The van der Waals surface area contributed by atoms with Gasteiger partial charge in [0.25, 0.3) is 0 Å². The molecule has 0 aliphatic carbocycles. The van der Waals surface area contributed by atoms with Crippen LogP contribution in [0.25, 0.3) is 4.83 Å². The zero-order valence-electron chi connectivity index (χ0n) is 4.85. The van der Waals surface area contributed by atoms with Crippen LogP contribution in [0.15, 0.2) is 12.5 Å². The van der Waals surface area contributed by atoms with Crippen LogP contribution < -0.4 is 0 Å². The third kappa shape index (κ3) is 0.522. The molecule has 10 heavy (non-hydrogen) atoms. The van der Waals surface area contributed by atoms with Crippen LogP contribution in [0, 0.1) is 0 Å². The molecule has 0 saturated carbocycles.